The van der Waals surface area contributed by atoms with Crippen molar-refractivity contribution in [2.24, 2.45) is 0 Å². The fourth-order valence-corrected chi connectivity index (χ4v) is 2.62. The van der Waals surface area contributed by atoms with Crippen LogP contribution < -0.4 is 15.4 Å². The number of benzene rings is 1. The Labute approximate surface area is 167 Å². The van der Waals surface area contributed by atoms with E-state index < -0.39 is 11.9 Å². The number of amides is 2. The van der Waals surface area contributed by atoms with E-state index in [1.165, 1.54) is 0 Å². The lowest BCUT2D eigenvalue weighted by atomic mass is 10.2. The maximum absolute atomic E-state index is 12.3. The lowest BCUT2D eigenvalue weighted by Gasteiger charge is -2.12. The van der Waals surface area contributed by atoms with E-state index in [0.29, 0.717) is 28.9 Å². The highest BCUT2D eigenvalue weighted by Gasteiger charge is 2.20. The highest BCUT2D eigenvalue weighted by atomic mass is 16.5. The van der Waals surface area contributed by atoms with Crippen molar-refractivity contribution in [3.05, 3.63) is 47.5 Å². The van der Waals surface area contributed by atoms with Crippen LogP contribution in [0.3, 0.4) is 0 Å². The molecule has 0 radical (unpaired) electrons. The minimum absolute atomic E-state index is 0.00776. The minimum atomic E-state index is -0.757. The second-order valence-corrected chi connectivity index (χ2v) is 6.53. The van der Waals surface area contributed by atoms with Crippen LogP contribution in [-0.4, -0.2) is 35.1 Å². The molecule has 0 aliphatic carbocycles. The molecule has 0 aliphatic heterocycles. The molecule has 29 heavy (non-hydrogen) atoms. The number of nitrogens with one attached hydrogen (secondary N) is 2. The molecule has 0 spiro atoms. The normalized spacial score (nSPS) is 11.7. The quantitative estimate of drug-likeness (QED) is 0.628. The van der Waals surface area contributed by atoms with Gasteiger partial charge in [-0.3, -0.25) is 9.59 Å². The van der Waals surface area contributed by atoms with Gasteiger partial charge >= 0.3 is 0 Å². The van der Waals surface area contributed by atoms with Gasteiger partial charge in [-0.1, -0.05) is 5.16 Å². The summed E-state index contributed by atoms with van der Waals surface area (Å²) in [4.78, 5) is 28.9. The average Bonchev–Trinajstić information content (AvgIpc) is 3.27. The molecule has 1 aromatic carbocycles. The standard InChI is InChI=1S/C20H22N4O5/c1-11-9-17(24-29-11)23-19(26)12(2)21-18(25)10-16-13(3)28-20(22-16)14-5-7-15(27-4)8-6-14/h5-9,12H,10H2,1-4H3,(H,21,25)(H,23,24,26). The van der Waals surface area contributed by atoms with E-state index in [0.717, 1.165) is 11.3 Å². The molecule has 0 aliphatic rings. The molecule has 1 atom stereocenters. The van der Waals surface area contributed by atoms with Gasteiger partial charge < -0.3 is 24.3 Å². The molecule has 3 aromatic rings. The number of methoxy groups -OCH3 is 1. The number of aromatic nitrogens is 2. The highest BCUT2D eigenvalue weighted by molar-refractivity contribution is 5.96. The van der Waals surface area contributed by atoms with Crippen LogP contribution in [0.2, 0.25) is 0 Å². The van der Waals surface area contributed by atoms with Crippen LogP contribution in [0.25, 0.3) is 11.5 Å². The van der Waals surface area contributed by atoms with Crippen molar-refractivity contribution in [2.45, 2.75) is 33.2 Å². The summed E-state index contributed by atoms with van der Waals surface area (Å²) >= 11 is 0. The Morgan fingerprint density at radius 3 is 2.55 bits per heavy atom. The first-order valence-electron chi connectivity index (χ1n) is 9.00. The van der Waals surface area contributed by atoms with Crippen molar-refractivity contribution < 1.29 is 23.3 Å². The number of carbonyl (C=O) groups excluding carboxylic acids is 2. The number of ether oxygens (including phenoxy) is 1. The Morgan fingerprint density at radius 2 is 1.93 bits per heavy atom. The zero-order valence-electron chi connectivity index (χ0n) is 16.6. The summed E-state index contributed by atoms with van der Waals surface area (Å²) < 4.78 is 15.7. The molecule has 2 N–H and O–H groups in total. The predicted octanol–water partition coefficient (Wildman–Crippen LogP) is 2.64. The fourth-order valence-electron chi connectivity index (χ4n) is 2.62. The molecule has 2 heterocycles. The zero-order chi connectivity index (χ0) is 21.0. The molecule has 2 aromatic heterocycles. The third kappa shape index (κ3) is 5.01. The van der Waals surface area contributed by atoms with Gasteiger partial charge in [0.05, 0.1) is 19.2 Å². The van der Waals surface area contributed by atoms with E-state index in [-0.39, 0.29) is 12.3 Å². The monoisotopic (exact) mass is 398 g/mol. The molecule has 3 rings (SSSR count). The molecular formula is C20H22N4O5. The molecule has 2 amide bonds. The zero-order valence-corrected chi connectivity index (χ0v) is 16.6. The van der Waals surface area contributed by atoms with Gasteiger partial charge in [0.25, 0.3) is 0 Å². The Balaban J connectivity index is 1.59. The summed E-state index contributed by atoms with van der Waals surface area (Å²) in [6, 6.07) is 8.09. The summed E-state index contributed by atoms with van der Waals surface area (Å²) in [7, 11) is 1.59. The lowest BCUT2D eigenvalue weighted by molar-refractivity contribution is -0.125. The van der Waals surface area contributed by atoms with Crippen LogP contribution >= 0.6 is 0 Å². The highest BCUT2D eigenvalue weighted by Crippen LogP contribution is 2.24. The van der Waals surface area contributed by atoms with Crippen molar-refractivity contribution in [1.29, 1.82) is 0 Å². The van der Waals surface area contributed by atoms with E-state index in [1.54, 1.807) is 46.1 Å². The largest absolute Gasteiger partial charge is 0.497 e. The Morgan fingerprint density at radius 1 is 1.21 bits per heavy atom. The second kappa shape index (κ2) is 8.59. The maximum Gasteiger partial charge on any atom is 0.247 e. The van der Waals surface area contributed by atoms with Crippen molar-refractivity contribution in [1.82, 2.24) is 15.5 Å². The van der Waals surface area contributed by atoms with Crippen molar-refractivity contribution in [3.63, 3.8) is 0 Å². The first-order chi connectivity index (χ1) is 13.9. The van der Waals surface area contributed by atoms with Crippen LogP contribution in [0.5, 0.6) is 5.75 Å². The molecule has 9 nitrogen and oxygen atoms in total. The molecule has 9 heteroatoms. The molecule has 0 saturated carbocycles. The third-order valence-corrected chi connectivity index (χ3v) is 4.21. The van der Waals surface area contributed by atoms with Crippen LogP contribution in [0, 0.1) is 13.8 Å². The first kappa shape index (κ1) is 20.1. The number of anilines is 1. The predicted molar refractivity (Wildman–Crippen MR) is 104 cm³/mol. The van der Waals surface area contributed by atoms with Gasteiger partial charge in [-0.05, 0) is 45.0 Å². The Bertz CT molecular complexity index is 1010. The van der Waals surface area contributed by atoms with Gasteiger partial charge in [-0.2, -0.15) is 0 Å². The summed E-state index contributed by atoms with van der Waals surface area (Å²) in [5.74, 6) is 1.81. The summed E-state index contributed by atoms with van der Waals surface area (Å²) in [5.41, 5.74) is 1.28. The van der Waals surface area contributed by atoms with Crippen molar-refractivity contribution in [3.8, 4) is 17.2 Å². The van der Waals surface area contributed by atoms with Gasteiger partial charge in [0, 0.05) is 11.6 Å². The number of hydrogen-bond donors (Lipinski definition) is 2. The average molecular weight is 398 g/mol. The lowest BCUT2D eigenvalue weighted by Crippen LogP contribution is -2.42. The van der Waals surface area contributed by atoms with Crippen LogP contribution in [0.4, 0.5) is 5.82 Å². The van der Waals surface area contributed by atoms with Crippen LogP contribution in [-0.2, 0) is 16.0 Å². The van der Waals surface area contributed by atoms with E-state index in [9.17, 15) is 9.59 Å². The molecule has 0 bridgehead atoms. The van der Waals surface area contributed by atoms with Gasteiger partial charge in [-0.25, -0.2) is 4.98 Å². The van der Waals surface area contributed by atoms with E-state index >= 15 is 0 Å². The number of oxazole rings is 1. The van der Waals surface area contributed by atoms with E-state index in [1.807, 2.05) is 12.1 Å². The molecule has 1 unspecified atom stereocenters. The van der Waals surface area contributed by atoms with Gasteiger partial charge in [-0.15, -0.1) is 0 Å². The summed E-state index contributed by atoms with van der Waals surface area (Å²) in [6.07, 6.45) is -0.00776. The number of hydrogen-bond acceptors (Lipinski definition) is 7. The van der Waals surface area contributed by atoms with Crippen molar-refractivity contribution in [2.75, 3.05) is 12.4 Å². The van der Waals surface area contributed by atoms with Gasteiger partial charge in [0.2, 0.25) is 17.7 Å². The summed E-state index contributed by atoms with van der Waals surface area (Å²) in [5, 5.41) is 8.90. The van der Waals surface area contributed by atoms with Crippen LogP contribution in [0.15, 0.2) is 39.3 Å². The summed E-state index contributed by atoms with van der Waals surface area (Å²) in [6.45, 7) is 5.04. The Kier molecular flexibility index (Phi) is 5.96. The smallest absolute Gasteiger partial charge is 0.247 e. The molecule has 152 valence electrons. The van der Waals surface area contributed by atoms with Gasteiger partial charge in [0.1, 0.15) is 23.3 Å². The molecular weight excluding hydrogens is 376 g/mol. The molecule has 0 fully saturated rings. The SMILES string of the molecule is COc1ccc(-c2nc(CC(=O)NC(C)C(=O)Nc3cc(C)on3)c(C)o2)cc1. The third-order valence-electron chi connectivity index (χ3n) is 4.21. The van der Waals surface area contributed by atoms with Crippen molar-refractivity contribution >= 4 is 17.6 Å². The number of aryl methyl sites for hydroxylation is 2. The van der Waals surface area contributed by atoms with Crippen LogP contribution in [0.1, 0.15) is 24.1 Å². The fraction of sp³-hybridized carbons (Fsp3) is 0.300. The topological polar surface area (TPSA) is 119 Å². The Hall–Kier alpha value is -3.62. The number of carbonyl (C=O) groups is 2. The number of nitrogens with zero attached hydrogens (tertiary/aromatic N) is 2. The van der Waals surface area contributed by atoms with E-state index in [2.05, 4.69) is 20.8 Å². The van der Waals surface area contributed by atoms with Gasteiger partial charge in [0.15, 0.2) is 5.82 Å². The first-order valence-corrected chi connectivity index (χ1v) is 9.00. The molecule has 0 saturated heterocycles. The number of rotatable bonds is 7. The van der Waals surface area contributed by atoms with E-state index in [4.69, 9.17) is 13.7 Å². The maximum atomic E-state index is 12.3. The second-order valence-electron chi connectivity index (χ2n) is 6.53. The minimum Gasteiger partial charge on any atom is -0.497 e.